The second kappa shape index (κ2) is 4.70. The van der Waals surface area contributed by atoms with E-state index in [1.54, 1.807) is 0 Å². The van der Waals surface area contributed by atoms with E-state index in [0.29, 0.717) is 32.1 Å². The summed E-state index contributed by atoms with van der Waals surface area (Å²) in [7, 11) is 0. The number of nitrogens with zero attached hydrogens (tertiary/aromatic N) is 2. The maximum absolute atomic E-state index is 12.5. The SMILES string of the molecule is FC(F)(F)c1ccc(N2CCOCC2)nc1Cl. The van der Waals surface area contributed by atoms with Crippen LogP contribution in [0.25, 0.3) is 0 Å². The number of pyridine rings is 1. The van der Waals surface area contributed by atoms with E-state index in [9.17, 15) is 13.2 Å². The van der Waals surface area contributed by atoms with E-state index in [4.69, 9.17) is 16.3 Å². The van der Waals surface area contributed by atoms with Crippen molar-refractivity contribution in [3.05, 3.63) is 22.8 Å². The third-order valence-corrected chi connectivity index (χ3v) is 2.76. The van der Waals surface area contributed by atoms with Gasteiger partial charge in [0.05, 0.1) is 18.8 Å². The summed E-state index contributed by atoms with van der Waals surface area (Å²) in [5, 5.41) is -0.513. The number of ether oxygens (including phenoxy) is 1. The van der Waals surface area contributed by atoms with Gasteiger partial charge in [-0.25, -0.2) is 4.98 Å². The van der Waals surface area contributed by atoms with E-state index in [-0.39, 0.29) is 0 Å². The molecule has 3 nitrogen and oxygen atoms in total. The zero-order valence-electron chi connectivity index (χ0n) is 8.80. The van der Waals surface area contributed by atoms with Gasteiger partial charge in [-0.05, 0) is 12.1 Å². The summed E-state index contributed by atoms with van der Waals surface area (Å²) >= 11 is 5.54. The van der Waals surface area contributed by atoms with Crippen molar-refractivity contribution in [1.82, 2.24) is 4.98 Å². The molecule has 1 aliphatic rings. The fourth-order valence-electron chi connectivity index (χ4n) is 1.60. The van der Waals surface area contributed by atoms with Crippen molar-refractivity contribution >= 4 is 17.4 Å². The van der Waals surface area contributed by atoms with Crippen LogP contribution in [0.5, 0.6) is 0 Å². The first kappa shape index (κ1) is 12.4. The zero-order valence-corrected chi connectivity index (χ0v) is 9.55. The number of hydrogen-bond donors (Lipinski definition) is 0. The molecular formula is C10H10ClF3N2O. The Morgan fingerprint density at radius 1 is 1.24 bits per heavy atom. The molecule has 1 aromatic heterocycles. The van der Waals surface area contributed by atoms with E-state index in [2.05, 4.69) is 4.98 Å². The van der Waals surface area contributed by atoms with Crippen LogP contribution >= 0.6 is 11.6 Å². The second-order valence-electron chi connectivity index (χ2n) is 3.61. The molecular weight excluding hydrogens is 257 g/mol. The standard InChI is InChI=1S/C10H10ClF3N2O/c11-9-7(10(12,13)14)1-2-8(15-9)16-3-5-17-6-4-16/h1-2H,3-6H2. The summed E-state index contributed by atoms with van der Waals surface area (Å²) in [5.74, 6) is 0.450. The van der Waals surface area contributed by atoms with Crippen LogP contribution in [0.1, 0.15) is 5.56 Å². The van der Waals surface area contributed by atoms with Gasteiger partial charge in [-0.15, -0.1) is 0 Å². The van der Waals surface area contributed by atoms with Crippen LogP contribution in [0.3, 0.4) is 0 Å². The van der Waals surface area contributed by atoms with Crippen LogP contribution in [-0.4, -0.2) is 31.3 Å². The Kier molecular flexibility index (Phi) is 3.44. The Bertz CT molecular complexity index is 405. The van der Waals surface area contributed by atoms with Crippen LogP contribution in [-0.2, 0) is 10.9 Å². The number of halogens is 4. The summed E-state index contributed by atoms with van der Waals surface area (Å²) in [6.45, 7) is 2.30. The van der Waals surface area contributed by atoms with Gasteiger partial charge in [0.2, 0.25) is 0 Å². The third kappa shape index (κ3) is 2.81. The Labute approximate surface area is 101 Å². The molecule has 0 spiro atoms. The van der Waals surface area contributed by atoms with Gasteiger partial charge in [-0.2, -0.15) is 13.2 Å². The van der Waals surface area contributed by atoms with Crippen molar-refractivity contribution in [3.8, 4) is 0 Å². The highest BCUT2D eigenvalue weighted by Crippen LogP contribution is 2.34. The van der Waals surface area contributed by atoms with Gasteiger partial charge in [0.1, 0.15) is 11.0 Å². The lowest BCUT2D eigenvalue weighted by Gasteiger charge is -2.28. The minimum Gasteiger partial charge on any atom is -0.378 e. The molecule has 0 aromatic carbocycles. The van der Waals surface area contributed by atoms with E-state index in [0.717, 1.165) is 6.07 Å². The lowest BCUT2D eigenvalue weighted by atomic mass is 10.2. The topological polar surface area (TPSA) is 25.4 Å². The molecule has 0 bridgehead atoms. The minimum atomic E-state index is -4.46. The van der Waals surface area contributed by atoms with Crippen LogP contribution in [0.4, 0.5) is 19.0 Å². The number of rotatable bonds is 1. The van der Waals surface area contributed by atoms with Crippen molar-refractivity contribution in [3.63, 3.8) is 0 Å². The Hall–Kier alpha value is -1.01. The van der Waals surface area contributed by atoms with Crippen LogP contribution in [0, 0.1) is 0 Å². The summed E-state index contributed by atoms with van der Waals surface area (Å²) < 4.78 is 42.5. The number of hydrogen-bond acceptors (Lipinski definition) is 3. The monoisotopic (exact) mass is 266 g/mol. The van der Waals surface area contributed by atoms with Gasteiger partial charge in [0.15, 0.2) is 0 Å². The van der Waals surface area contributed by atoms with Gasteiger partial charge >= 0.3 is 6.18 Å². The molecule has 2 heterocycles. The molecule has 1 saturated heterocycles. The number of anilines is 1. The first-order valence-corrected chi connectivity index (χ1v) is 5.43. The predicted molar refractivity (Wildman–Crippen MR) is 57.3 cm³/mol. The fourth-order valence-corrected chi connectivity index (χ4v) is 1.86. The van der Waals surface area contributed by atoms with Gasteiger partial charge in [0, 0.05) is 13.1 Å². The van der Waals surface area contributed by atoms with Crippen molar-refractivity contribution in [2.75, 3.05) is 31.2 Å². The number of aromatic nitrogens is 1. The van der Waals surface area contributed by atoms with Gasteiger partial charge < -0.3 is 9.64 Å². The highest BCUT2D eigenvalue weighted by Gasteiger charge is 2.34. The third-order valence-electron chi connectivity index (χ3n) is 2.47. The van der Waals surface area contributed by atoms with E-state index in [1.165, 1.54) is 6.07 Å². The molecule has 0 N–H and O–H groups in total. The largest absolute Gasteiger partial charge is 0.419 e. The summed E-state index contributed by atoms with van der Waals surface area (Å²) in [6, 6.07) is 2.29. The maximum atomic E-state index is 12.5. The average Bonchev–Trinajstić information content (AvgIpc) is 2.28. The van der Waals surface area contributed by atoms with Crippen LogP contribution < -0.4 is 4.90 Å². The molecule has 0 aliphatic carbocycles. The highest BCUT2D eigenvalue weighted by molar-refractivity contribution is 6.30. The molecule has 0 saturated carbocycles. The predicted octanol–water partition coefficient (Wildman–Crippen LogP) is 2.59. The van der Waals surface area contributed by atoms with Crippen LogP contribution in [0.2, 0.25) is 5.15 Å². The van der Waals surface area contributed by atoms with Crippen molar-refractivity contribution in [1.29, 1.82) is 0 Å². The molecule has 1 aliphatic heterocycles. The Morgan fingerprint density at radius 3 is 2.41 bits per heavy atom. The van der Waals surface area contributed by atoms with E-state index >= 15 is 0 Å². The van der Waals surface area contributed by atoms with E-state index < -0.39 is 16.9 Å². The Morgan fingerprint density at radius 2 is 1.88 bits per heavy atom. The molecule has 0 amide bonds. The lowest BCUT2D eigenvalue weighted by molar-refractivity contribution is -0.137. The molecule has 0 radical (unpaired) electrons. The van der Waals surface area contributed by atoms with Crippen molar-refractivity contribution in [2.45, 2.75) is 6.18 Å². The first-order valence-electron chi connectivity index (χ1n) is 5.05. The number of morpholine rings is 1. The smallest absolute Gasteiger partial charge is 0.378 e. The molecule has 17 heavy (non-hydrogen) atoms. The molecule has 1 aromatic rings. The fraction of sp³-hybridized carbons (Fsp3) is 0.500. The van der Waals surface area contributed by atoms with E-state index in [1.807, 2.05) is 4.90 Å². The van der Waals surface area contributed by atoms with Gasteiger partial charge in [0.25, 0.3) is 0 Å². The first-order chi connectivity index (χ1) is 7.98. The van der Waals surface area contributed by atoms with Crippen LogP contribution in [0.15, 0.2) is 12.1 Å². The molecule has 1 fully saturated rings. The lowest BCUT2D eigenvalue weighted by Crippen LogP contribution is -2.36. The average molecular weight is 267 g/mol. The zero-order chi connectivity index (χ0) is 12.5. The van der Waals surface area contributed by atoms with Gasteiger partial charge in [-0.1, -0.05) is 11.6 Å². The van der Waals surface area contributed by atoms with Crippen molar-refractivity contribution in [2.24, 2.45) is 0 Å². The van der Waals surface area contributed by atoms with Crippen molar-refractivity contribution < 1.29 is 17.9 Å². The molecule has 0 unspecified atom stereocenters. The normalized spacial score (nSPS) is 17.3. The summed E-state index contributed by atoms with van der Waals surface area (Å²) in [6.07, 6.45) is -4.46. The highest BCUT2D eigenvalue weighted by atomic mass is 35.5. The van der Waals surface area contributed by atoms with Gasteiger partial charge in [-0.3, -0.25) is 0 Å². The molecule has 7 heteroatoms. The number of alkyl halides is 3. The molecule has 2 rings (SSSR count). The maximum Gasteiger partial charge on any atom is 0.419 e. The summed E-state index contributed by atoms with van der Waals surface area (Å²) in [4.78, 5) is 5.62. The quantitative estimate of drug-likeness (QED) is 0.731. The molecule has 94 valence electrons. The summed E-state index contributed by atoms with van der Waals surface area (Å²) in [5.41, 5.74) is -0.906. The molecule has 0 atom stereocenters. The minimum absolute atomic E-state index is 0.450. The second-order valence-corrected chi connectivity index (χ2v) is 3.96. The Balaban J connectivity index is 2.24.